The molecular formula is C30H23N9O7. The molecule has 0 spiro atoms. The zero-order chi connectivity index (χ0) is 32.1. The number of carbonyl (C=O) groups excluding carboxylic acids is 2. The summed E-state index contributed by atoms with van der Waals surface area (Å²) in [5.41, 5.74) is 7.54. The molecule has 0 saturated carbocycles. The molecule has 7 N–H and O–H groups in total. The topological polar surface area (TPSA) is 240 Å². The molecule has 0 radical (unpaired) electrons. The maximum Gasteiger partial charge on any atom is 0.439 e. The van der Waals surface area contributed by atoms with E-state index in [1.54, 1.807) is 30.3 Å². The number of nitrogens with one attached hydrogen (secondary N) is 4. The van der Waals surface area contributed by atoms with E-state index in [4.69, 9.17) is 5.73 Å². The van der Waals surface area contributed by atoms with E-state index in [0.717, 1.165) is 21.7 Å². The van der Waals surface area contributed by atoms with Crippen LogP contribution in [0.4, 0.5) is 17.1 Å². The molecule has 230 valence electrons. The number of H-pyrrole nitrogens is 1. The molecule has 3 aromatic carbocycles. The summed E-state index contributed by atoms with van der Waals surface area (Å²) in [4.78, 5) is 72.1. The molecule has 1 aliphatic carbocycles. The van der Waals surface area contributed by atoms with Crippen molar-refractivity contribution in [1.82, 2.24) is 35.1 Å². The molecule has 0 unspecified atom stereocenters. The van der Waals surface area contributed by atoms with E-state index in [9.17, 15) is 29.1 Å². The molecule has 0 fully saturated rings. The second-order valence-corrected chi connectivity index (χ2v) is 10.7. The van der Waals surface area contributed by atoms with Crippen LogP contribution in [0.1, 0.15) is 50.1 Å². The van der Waals surface area contributed by atoms with E-state index < -0.39 is 28.4 Å². The number of amides is 2. The van der Waals surface area contributed by atoms with Crippen LogP contribution >= 0.6 is 0 Å². The van der Waals surface area contributed by atoms with Gasteiger partial charge in [-0.25, -0.2) is 19.2 Å². The van der Waals surface area contributed by atoms with Gasteiger partial charge in [0.05, 0.1) is 12.2 Å². The van der Waals surface area contributed by atoms with Crippen LogP contribution in [0.15, 0.2) is 73.6 Å². The van der Waals surface area contributed by atoms with Gasteiger partial charge in [-0.15, -0.1) is 0 Å². The Balaban J connectivity index is 1.08. The van der Waals surface area contributed by atoms with Gasteiger partial charge in [-0.2, -0.15) is 0 Å². The zero-order valence-corrected chi connectivity index (χ0v) is 23.7. The van der Waals surface area contributed by atoms with Crippen molar-refractivity contribution in [3.05, 3.63) is 114 Å². The molecule has 3 aromatic heterocycles. The number of hydrogen-bond acceptors (Lipinski definition) is 12. The van der Waals surface area contributed by atoms with E-state index >= 15 is 0 Å². The molecular weight excluding hydrogens is 598 g/mol. The minimum absolute atomic E-state index is 0.0155. The average Bonchev–Trinajstić information content (AvgIpc) is 3.79. The molecule has 6 aromatic rings. The van der Waals surface area contributed by atoms with E-state index in [1.807, 2.05) is 12.1 Å². The summed E-state index contributed by atoms with van der Waals surface area (Å²) in [6, 6.07) is 13.2. The second kappa shape index (κ2) is 10.8. The average molecular weight is 622 g/mol. The fourth-order valence-corrected chi connectivity index (χ4v) is 5.47. The highest BCUT2D eigenvalue weighted by atomic mass is 16.5. The number of hydrogen-bond donors (Lipinski definition) is 6. The maximum absolute atomic E-state index is 13.4. The first-order chi connectivity index (χ1) is 22.2. The fourth-order valence-electron chi connectivity index (χ4n) is 5.47. The van der Waals surface area contributed by atoms with Crippen LogP contribution in [-0.4, -0.2) is 41.4 Å². The monoisotopic (exact) mass is 621 g/mol. The minimum Gasteiger partial charge on any atom is -0.493 e. The van der Waals surface area contributed by atoms with Gasteiger partial charge >= 0.3 is 5.76 Å². The normalized spacial score (nSPS) is 14.0. The number of imidazole rings is 1. The maximum atomic E-state index is 13.4. The summed E-state index contributed by atoms with van der Waals surface area (Å²) >= 11 is 0. The third-order valence-corrected chi connectivity index (χ3v) is 7.76. The van der Waals surface area contributed by atoms with Crippen molar-refractivity contribution in [3.8, 4) is 17.3 Å². The van der Waals surface area contributed by atoms with Gasteiger partial charge in [0.15, 0.2) is 5.82 Å². The van der Waals surface area contributed by atoms with Crippen molar-refractivity contribution in [1.29, 1.82) is 0 Å². The van der Waals surface area contributed by atoms with E-state index in [2.05, 4.69) is 40.6 Å². The quantitative estimate of drug-likeness (QED) is 0.131. The SMILES string of the molecule is Nc1c(Nc2cccc(CNC(=O)c3cc(C(=O)N[C@H]4CCc5cc(-c6noc(=O)[nH]6)ccc54)nc4ncc(O)n34)c2)c(=O)c1=O. The van der Waals surface area contributed by atoms with Crippen molar-refractivity contribution in [3.63, 3.8) is 0 Å². The Morgan fingerprint density at radius 3 is 2.72 bits per heavy atom. The van der Waals surface area contributed by atoms with Crippen molar-refractivity contribution in [2.45, 2.75) is 25.4 Å². The van der Waals surface area contributed by atoms with Crippen molar-refractivity contribution >= 4 is 34.7 Å². The van der Waals surface area contributed by atoms with Gasteiger partial charge in [-0.1, -0.05) is 29.4 Å². The number of aromatic hydroxyl groups is 1. The van der Waals surface area contributed by atoms with Gasteiger partial charge < -0.3 is 26.8 Å². The number of aryl methyl sites for hydroxylation is 1. The fraction of sp³-hybridized carbons (Fsp3) is 0.133. The van der Waals surface area contributed by atoms with Gasteiger partial charge in [-0.05, 0) is 53.8 Å². The number of carbonyl (C=O) groups is 2. The summed E-state index contributed by atoms with van der Waals surface area (Å²) < 4.78 is 5.71. The standard InChI is InChI=1S/C30H23N9O7/c31-22-23(25(42)24(22)41)34-16-3-1-2-13(8-16)11-32-28(44)20-10-19(36-29-33-12-21(40)39(20)29)27(43)35-18-7-5-14-9-15(4-6-17(14)18)26-37-30(45)46-38-26/h1-4,6,8-10,12,18,34,40H,5,7,11,31H2,(H,32,44)(H,35,43)(H,37,38,45)/t18-/m0/s1. The van der Waals surface area contributed by atoms with Crippen LogP contribution in [0.5, 0.6) is 5.88 Å². The van der Waals surface area contributed by atoms with Crippen LogP contribution in [0.25, 0.3) is 17.2 Å². The number of nitrogens with two attached hydrogens (primary N) is 1. The first-order valence-electron chi connectivity index (χ1n) is 14.0. The predicted molar refractivity (Wildman–Crippen MR) is 162 cm³/mol. The predicted octanol–water partition coefficient (Wildman–Crippen LogP) is 1.05. The van der Waals surface area contributed by atoms with Crippen molar-refractivity contribution < 1.29 is 19.2 Å². The highest BCUT2D eigenvalue weighted by Gasteiger charge is 2.27. The third kappa shape index (κ3) is 4.92. The van der Waals surface area contributed by atoms with Gasteiger partial charge in [0.25, 0.3) is 22.7 Å². The molecule has 1 aliphatic rings. The first kappa shape index (κ1) is 28.2. The van der Waals surface area contributed by atoms with Crippen LogP contribution in [-0.2, 0) is 13.0 Å². The number of nitrogen functional groups attached to an aromatic ring is 1. The molecule has 16 nitrogen and oxygen atoms in total. The number of anilines is 3. The lowest BCUT2D eigenvalue weighted by Crippen LogP contribution is -2.36. The Morgan fingerprint density at radius 1 is 1.09 bits per heavy atom. The number of nitrogens with zero attached hydrogens (tertiary/aromatic N) is 4. The smallest absolute Gasteiger partial charge is 0.439 e. The molecule has 3 heterocycles. The van der Waals surface area contributed by atoms with Crippen molar-refractivity contribution in [2.75, 3.05) is 11.1 Å². The van der Waals surface area contributed by atoms with Crippen LogP contribution in [0.3, 0.4) is 0 Å². The Hall–Kier alpha value is -6.58. The van der Waals surface area contributed by atoms with E-state index in [0.29, 0.717) is 35.5 Å². The van der Waals surface area contributed by atoms with E-state index in [1.165, 1.54) is 6.07 Å². The van der Waals surface area contributed by atoms with E-state index in [-0.39, 0.29) is 47.0 Å². The number of fused-ring (bicyclic) bond motifs is 2. The minimum atomic E-state index is -0.740. The Kier molecular flexibility index (Phi) is 6.65. The molecule has 46 heavy (non-hydrogen) atoms. The lowest BCUT2D eigenvalue weighted by molar-refractivity contribution is 0.0931. The Labute approximate surface area is 256 Å². The summed E-state index contributed by atoms with van der Waals surface area (Å²) in [6.45, 7) is 0.0413. The summed E-state index contributed by atoms with van der Waals surface area (Å²) in [5, 5.41) is 22.6. The number of aromatic nitrogens is 5. The van der Waals surface area contributed by atoms with Gasteiger partial charge in [0.2, 0.25) is 11.7 Å². The largest absolute Gasteiger partial charge is 0.493 e. The summed E-state index contributed by atoms with van der Waals surface area (Å²) in [7, 11) is 0. The molecule has 7 rings (SSSR count). The highest BCUT2D eigenvalue weighted by molar-refractivity contribution is 5.98. The molecule has 0 bridgehead atoms. The summed E-state index contributed by atoms with van der Waals surface area (Å²) in [6.07, 6.45) is 2.40. The molecule has 1 atom stereocenters. The number of benzene rings is 2. The molecule has 0 aliphatic heterocycles. The number of rotatable bonds is 8. The van der Waals surface area contributed by atoms with Crippen LogP contribution in [0.2, 0.25) is 0 Å². The molecule has 2 amide bonds. The lowest BCUT2D eigenvalue weighted by Gasteiger charge is -2.15. The van der Waals surface area contributed by atoms with Crippen LogP contribution in [0, 0.1) is 0 Å². The van der Waals surface area contributed by atoms with Crippen molar-refractivity contribution in [2.24, 2.45) is 0 Å². The van der Waals surface area contributed by atoms with Crippen LogP contribution < -0.4 is 38.3 Å². The molecule has 16 heteroatoms. The molecule has 0 saturated heterocycles. The van der Waals surface area contributed by atoms with Gasteiger partial charge in [-0.3, -0.25) is 28.7 Å². The Morgan fingerprint density at radius 2 is 1.93 bits per heavy atom. The van der Waals surface area contributed by atoms with Gasteiger partial charge in [0, 0.05) is 17.8 Å². The highest BCUT2D eigenvalue weighted by Crippen LogP contribution is 2.34. The third-order valence-electron chi connectivity index (χ3n) is 7.76. The first-order valence-corrected chi connectivity index (χ1v) is 14.0. The van der Waals surface area contributed by atoms with Gasteiger partial charge in [0.1, 0.15) is 22.8 Å². The summed E-state index contributed by atoms with van der Waals surface area (Å²) in [5.74, 6) is -1.91. The lowest BCUT2D eigenvalue weighted by atomic mass is 10.0. The number of aromatic amines is 1. The Bertz CT molecular complexity index is 2330. The zero-order valence-electron chi connectivity index (χ0n) is 23.7. The second-order valence-electron chi connectivity index (χ2n) is 10.7.